The van der Waals surface area contributed by atoms with Crippen molar-refractivity contribution in [3.8, 4) is 0 Å². The van der Waals surface area contributed by atoms with Gasteiger partial charge in [-0.15, -0.1) is 0 Å². The maximum atomic E-state index is 12.6. The molecular formula is C19H29NO2. The fraction of sp³-hybridized carbons (Fsp3) is 0.526. The van der Waals surface area contributed by atoms with Crippen molar-refractivity contribution < 1.29 is 9.53 Å². The Morgan fingerprint density at radius 1 is 1.05 bits per heavy atom. The standard InChI is InChI=1S/C19H29NO2/c1-14(2)20(15(3)4)18(21)22-17(13-19(5,6)7)16-11-9-8-10-12-16/h8-15H,1-7H3/b17-13+. The number of rotatable bonds is 4. The van der Waals surface area contributed by atoms with Crippen LogP contribution in [0.1, 0.15) is 54.0 Å². The van der Waals surface area contributed by atoms with E-state index in [1.165, 1.54) is 0 Å². The average Bonchev–Trinajstić information content (AvgIpc) is 2.36. The molecule has 0 aromatic heterocycles. The van der Waals surface area contributed by atoms with Crippen molar-refractivity contribution >= 4 is 11.9 Å². The minimum absolute atomic E-state index is 0.0774. The number of allylic oxidation sites excluding steroid dienone is 1. The van der Waals surface area contributed by atoms with E-state index in [9.17, 15) is 4.79 Å². The first-order valence-corrected chi connectivity index (χ1v) is 7.90. The van der Waals surface area contributed by atoms with Crippen molar-refractivity contribution in [2.45, 2.75) is 60.5 Å². The van der Waals surface area contributed by atoms with Crippen LogP contribution >= 0.6 is 0 Å². The Kier molecular flexibility index (Phi) is 6.21. The van der Waals surface area contributed by atoms with Crippen molar-refractivity contribution in [1.29, 1.82) is 0 Å². The highest BCUT2D eigenvalue weighted by atomic mass is 16.6. The smallest absolute Gasteiger partial charge is 0.410 e. The van der Waals surface area contributed by atoms with Crippen LogP contribution < -0.4 is 0 Å². The van der Waals surface area contributed by atoms with E-state index in [1.54, 1.807) is 4.90 Å². The maximum Gasteiger partial charge on any atom is 0.415 e. The van der Waals surface area contributed by atoms with E-state index < -0.39 is 0 Å². The molecule has 0 aliphatic heterocycles. The van der Waals surface area contributed by atoms with Gasteiger partial charge in [-0.2, -0.15) is 0 Å². The monoisotopic (exact) mass is 303 g/mol. The van der Waals surface area contributed by atoms with Crippen LogP contribution in [0.4, 0.5) is 4.79 Å². The lowest BCUT2D eigenvalue weighted by molar-refractivity contribution is 0.114. The number of carbonyl (C=O) groups is 1. The van der Waals surface area contributed by atoms with Crippen LogP contribution in [0.5, 0.6) is 0 Å². The Bertz CT molecular complexity index is 502. The molecule has 0 bridgehead atoms. The minimum Gasteiger partial charge on any atom is -0.410 e. The van der Waals surface area contributed by atoms with Gasteiger partial charge in [0.15, 0.2) is 0 Å². The second kappa shape index (κ2) is 7.48. The van der Waals surface area contributed by atoms with Gasteiger partial charge in [0.2, 0.25) is 0 Å². The zero-order valence-corrected chi connectivity index (χ0v) is 14.9. The molecule has 0 aliphatic carbocycles. The van der Waals surface area contributed by atoms with Gasteiger partial charge in [0, 0.05) is 17.6 Å². The average molecular weight is 303 g/mol. The van der Waals surface area contributed by atoms with E-state index in [-0.39, 0.29) is 23.6 Å². The van der Waals surface area contributed by atoms with E-state index in [0.29, 0.717) is 5.76 Å². The SMILES string of the molecule is CC(C)N(C(=O)O/C(=C/C(C)(C)C)c1ccccc1)C(C)C. The van der Waals surface area contributed by atoms with E-state index in [1.807, 2.05) is 64.1 Å². The molecule has 0 heterocycles. The lowest BCUT2D eigenvalue weighted by Gasteiger charge is -2.30. The Morgan fingerprint density at radius 2 is 1.55 bits per heavy atom. The molecule has 1 rings (SSSR count). The highest BCUT2D eigenvalue weighted by Crippen LogP contribution is 2.26. The van der Waals surface area contributed by atoms with Crippen molar-refractivity contribution in [3.05, 3.63) is 42.0 Å². The summed E-state index contributed by atoms with van der Waals surface area (Å²) in [5, 5.41) is 0. The van der Waals surface area contributed by atoms with Gasteiger partial charge in [0.1, 0.15) is 5.76 Å². The number of carbonyl (C=O) groups excluding carboxylic acids is 1. The van der Waals surface area contributed by atoms with Crippen molar-refractivity contribution in [3.63, 3.8) is 0 Å². The molecule has 1 aromatic rings. The van der Waals surface area contributed by atoms with Gasteiger partial charge in [0.25, 0.3) is 0 Å². The van der Waals surface area contributed by atoms with Crippen LogP contribution in [-0.2, 0) is 4.74 Å². The van der Waals surface area contributed by atoms with Crippen molar-refractivity contribution in [1.82, 2.24) is 4.90 Å². The predicted molar refractivity (Wildman–Crippen MR) is 92.5 cm³/mol. The molecule has 0 N–H and O–H groups in total. The van der Waals surface area contributed by atoms with Gasteiger partial charge in [-0.3, -0.25) is 0 Å². The summed E-state index contributed by atoms with van der Waals surface area (Å²) in [7, 11) is 0. The van der Waals surface area contributed by atoms with Gasteiger partial charge in [-0.1, -0.05) is 51.1 Å². The molecule has 0 aliphatic rings. The van der Waals surface area contributed by atoms with Crippen LogP contribution in [0, 0.1) is 5.41 Å². The van der Waals surface area contributed by atoms with Crippen molar-refractivity contribution in [2.75, 3.05) is 0 Å². The molecule has 0 spiro atoms. The zero-order chi connectivity index (χ0) is 16.9. The van der Waals surface area contributed by atoms with Crippen LogP contribution in [0.15, 0.2) is 36.4 Å². The molecule has 0 fully saturated rings. The van der Waals surface area contributed by atoms with Crippen LogP contribution in [-0.4, -0.2) is 23.1 Å². The summed E-state index contributed by atoms with van der Waals surface area (Å²) in [5.41, 5.74) is 0.838. The summed E-state index contributed by atoms with van der Waals surface area (Å²) in [6.07, 6.45) is 1.70. The lowest BCUT2D eigenvalue weighted by atomic mass is 9.94. The Labute approximate surface area is 135 Å². The van der Waals surface area contributed by atoms with Gasteiger partial charge in [-0.05, 0) is 39.2 Å². The molecule has 0 radical (unpaired) electrons. The first-order valence-electron chi connectivity index (χ1n) is 7.90. The summed E-state index contributed by atoms with van der Waals surface area (Å²) in [6.45, 7) is 14.3. The first-order chi connectivity index (χ1) is 10.1. The van der Waals surface area contributed by atoms with Gasteiger partial charge >= 0.3 is 6.09 Å². The first kappa shape index (κ1) is 18.3. The molecule has 0 saturated carbocycles. The molecule has 1 aromatic carbocycles. The molecule has 1 amide bonds. The number of ether oxygens (including phenoxy) is 1. The predicted octanol–water partition coefficient (Wildman–Crippen LogP) is 5.33. The molecule has 0 unspecified atom stereocenters. The third-order valence-corrected chi connectivity index (χ3v) is 3.14. The molecule has 3 nitrogen and oxygen atoms in total. The molecule has 3 heteroatoms. The highest BCUT2D eigenvalue weighted by molar-refractivity contribution is 5.77. The lowest BCUT2D eigenvalue weighted by Crippen LogP contribution is -2.42. The van der Waals surface area contributed by atoms with Crippen LogP contribution in [0.25, 0.3) is 5.76 Å². The van der Waals surface area contributed by atoms with E-state index in [2.05, 4.69) is 20.8 Å². The third kappa shape index (κ3) is 5.55. The van der Waals surface area contributed by atoms with Gasteiger partial charge < -0.3 is 9.64 Å². The minimum atomic E-state index is -0.302. The molecule has 22 heavy (non-hydrogen) atoms. The fourth-order valence-corrected chi connectivity index (χ4v) is 2.33. The third-order valence-electron chi connectivity index (χ3n) is 3.14. The quantitative estimate of drug-likeness (QED) is 0.704. The Balaban J connectivity index is 3.10. The van der Waals surface area contributed by atoms with Crippen molar-refractivity contribution in [2.24, 2.45) is 5.41 Å². The number of hydrogen-bond acceptors (Lipinski definition) is 2. The number of hydrogen-bond donors (Lipinski definition) is 0. The second-order valence-corrected chi connectivity index (χ2v) is 7.20. The number of benzene rings is 1. The summed E-state index contributed by atoms with van der Waals surface area (Å²) in [6, 6.07) is 9.96. The maximum absolute atomic E-state index is 12.6. The fourth-order valence-electron chi connectivity index (χ4n) is 2.33. The zero-order valence-electron chi connectivity index (χ0n) is 14.9. The Hall–Kier alpha value is -1.77. The summed E-state index contributed by atoms with van der Waals surface area (Å²) in [5.74, 6) is 0.615. The summed E-state index contributed by atoms with van der Waals surface area (Å²) in [4.78, 5) is 14.3. The topological polar surface area (TPSA) is 29.5 Å². The molecule has 0 atom stereocenters. The van der Waals surface area contributed by atoms with Gasteiger partial charge in [-0.25, -0.2) is 4.79 Å². The molecular weight excluding hydrogens is 274 g/mol. The van der Waals surface area contributed by atoms with Crippen LogP contribution in [0.2, 0.25) is 0 Å². The largest absolute Gasteiger partial charge is 0.415 e. The Morgan fingerprint density at radius 3 is 1.95 bits per heavy atom. The van der Waals surface area contributed by atoms with Gasteiger partial charge in [0.05, 0.1) is 0 Å². The van der Waals surface area contributed by atoms with E-state index >= 15 is 0 Å². The molecule has 122 valence electrons. The van der Waals surface area contributed by atoms with E-state index in [4.69, 9.17) is 4.74 Å². The van der Waals surface area contributed by atoms with E-state index in [0.717, 1.165) is 5.56 Å². The molecule has 0 saturated heterocycles. The van der Waals surface area contributed by atoms with Crippen LogP contribution in [0.3, 0.4) is 0 Å². The summed E-state index contributed by atoms with van der Waals surface area (Å²) >= 11 is 0. The summed E-state index contributed by atoms with van der Waals surface area (Å²) < 4.78 is 5.75. The normalized spacial score (nSPS) is 12.7. The second-order valence-electron chi connectivity index (χ2n) is 7.20. The highest BCUT2D eigenvalue weighted by Gasteiger charge is 2.24. The number of nitrogens with zero attached hydrogens (tertiary/aromatic N) is 1. The number of amides is 1.